The van der Waals surface area contributed by atoms with Crippen molar-refractivity contribution < 1.29 is 25.2 Å². The second-order valence-electron chi connectivity index (χ2n) is 6.70. The number of thiazole rings is 1. The molecule has 0 bridgehead atoms. The topological polar surface area (TPSA) is 103 Å². The lowest BCUT2D eigenvalue weighted by Crippen LogP contribution is -2.55. The molecule has 1 aliphatic heterocycles. The first-order chi connectivity index (χ1) is 13.4. The van der Waals surface area contributed by atoms with Crippen molar-refractivity contribution >= 4 is 34.7 Å². The third-order valence-electron chi connectivity index (χ3n) is 4.61. The molecule has 1 aromatic carbocycles. The van der Waals surface area contributed by atoms with Gasteiger partial charge in [0, 0.05) is 11.4 Å². The van der Waals surface area contributed by atoms with Crippen LogP contribution in [0.15, 0.2) is 28.6 Å². The van der Waals surface area contributed by atoms with Crippen LogP contribution in [0.1, 0.15) is 35.6 Å². The van der Waals surface area contributed by atoms with Crippen LogP contribution >= 0.6 is 34.7 Å². The maximum atomic E-state index is 10.3. The second-order valence-corrected chi connectivity index (χ2v) is 9.62. The van der Waals surface area contributed by atoms with Crippen molar-refractivity contribution in [2.45, 2.75) is 54.5 Å². The molecule has 0 saturated carbocycles. The van der Waals surface area contributed by atoms with E-state index in [1.54, 1.807) is 35.2 Å². The quantitative estimate of drug-likeness (QED) is 0.485. The monoisotopic (exact) mass is 445 g/mol. The van der Waals surface area contributed by atoms with E-state index in [1.165, 1.54) is 0 Å². The molecule has 1 saturated heterocycles. The molecule has 1 aromatic heterocycles. The fourth-order valence-corrected chi connectivity index (χ4v) is 5.25. The summed E-state index contributed by atoms with van der Waals surface area (Å²) in [7, 11) is 0. The molecule has 0 aliphatic carbocycles. The Hall–Kier alpha value is -0.710. The van der Waals surface area contributed by atoms with Gasteiger partial charge in [-0.2, -0.15) is 0 Å². The minimum Gasteiger partial charge on any atom is -0.394 e. The SMILES string of the molecule is CCCSc1cnc(Cc2cc([C@@H]3O[C@H](CO)[C@@H](O)[C@H](O)[C@H]3O)ccc2Cl)s1. The molecular weight excluding hydrogens is 422 g/mol. The molecule has 6 nitrogen and oxygen atoms in total. The summed E-state index contributed by atoms with van der Waals surface area (Å²) in [5, 5.41) is 41.2. The molecule has 2 aromatic rings. The Labute approximate surface area is 177 Å². The van der Waals surface area contributed by atoms with Gasteiger partial charge in [-0.05, 0) is 29.4 Å². The lowest BCUT2D eigenvalue weighted by molar-refractivity contribution is -0.231. The summed E-state index contributed by atoms with van der Waals surface area (Å²) in [6.45, 7) is 1.68. The van der Waals surface area contributed by atoms with Gasteiger partial charge in [0.2, 0.25) is 0 Å². The number of halogens is 1. The first-order valence-electron chi connectivity index (χ1n) is 9.11. The Kier molecular flexibility index (Phi) is 7.74. The van der Waals surface area contributed by atoms with Gasteiger partial charge in [-0.15, -0.1) is 23.1 Å². The third kappa shape index (κ3) is 4.88. The number of aromatic nitrogens is 1. The zero-order valence-corrected chi connectivity index (χ0v) is 17.8. The first kappa shape index (κ1) is 22.0. The van der Waals surface area contributed by atoms with Crippen molar-refractivity contribution in [1.29, 1.82) is 0 Å². The maximum absolute atomic E-state index is 10.3. The van der Waals surface area contributed by atoms with E-state index in [0.29, 0.717) is 17.0 Å². The summed E-state index contributed by atoms with van der Waals surface area (Å²) in [5.41, 5.74) is 1.45. The van der Waals surface area contributed by atoms with Crippen molar-refractivity contribution in [3.8, 4) is 0 Å². The molecule has 9 heteroatoms. The van der Waals surface area contributed by atoms with Gasteiger partial charge >= 0.3 is 0 Å². The summed E-state index contributed by atoms with van der Waals surface area (Å²) < 4.78 is 6.81. The van der Waals surface area contributed by atoms with Crippen molar-refractivity contribution in [3.63, 3.8) is 0 Å². The van der Waals surface area contributed by atoms with E-state index in [-0.39, 0.29) is 0 Å². The highest BCUT2D eigenvalue weighted by Crippen LogP contribution is 2.35. The van der Waals surface area contributed by atoms with Gasteiger partial charge in [0.25, 0.3) is 0 Å². The van der Waals surface area contributed by atoms with Gasteiger partial charge in [0.1, 0.15) is 30.5 Å². The van der Waals surface area contributed by atoms with Crippen molar-refractivity contribution in [2.75, 3.05) is 12.4 Å². The summed E-state index contributed by atoms with van der Waals surface area (Å²) in [6.07, 6.45) is -2.41. The van der Waals surface area contributed by atoms with Crippen LogP contribution in [-0.4, -0.2) is 62.2 Å². The van der Waals surface area contributed by atoms with E-state index in [9.17, 15) is 20.4 Å². The smallest absolute Gasteiger partial charge is 0.113 e. The Balaban J connectivity index is 1.80. The Morgan fingerprint density at radius 3 is 2.71 bits per heavy atom. The Bertz CT molecular complexity index is 787. The van der Waals surface area contributed by atoms with Gasteiger partial charge in [0.05, 0.1) is 22.0 Å². The van der Waals surface area contributed by atoms with Gasteiger partial charge in [0.15, 0.2) is 0 Å². The number of ether oxygens (including phenoxy) is 1. The number of nitrogens with zero attached hydrogens (tertiary/aromatic N) is 1. The molecule has 154 valence electrons. The standard InChI is InChI=1S/C19H24ClNO5S2/c1-2-5-27-15-8-21-14(28-15)7-11-6-10(3-4-12(11)20)19-18(25)17(24)16(23)13(9-22)26-19/h3-4,6,8,13,16-19,22-25H,2,5,7,9H2,1H3/t13-,16-,17+,18-,19+/m1/s1. The largest absolute Gasteiger partial charge is 0.394 e. The zero-order valence-electron chi connectivity index (χ0n) is 15.4. The zero-order chi connectivity index (χ0) is 20.3. The molecule has 5 atom stereocenters. The van der Waals surface area contributed by atoms with E-state index in [1.807, 2.05) is 12.3 Å². The highest BCUT2D eigenvalue weighted by Gasteiger charge is 2.44. The normalized spacial score (nSPS) is 27.9. The number of aliphatic hydroxyl groups excluding tert-OH is 4. The molecule has 0 unspecified atom stereocenters. The molecule has 0 spiro atoms. The number of rotatable bonds is 7. The van der Waals surface area contributed by atoms with Crippen LogP contribution in [0.5, 0.6) is 0 Å². The molecular formula is C19H24ClNO5S2. The fraction of sp³-hybridized carbons (Fsp3) is 0.526. The maximum Gasteiger partial charge on any atom is 0.113 e. The van der Waals surface area contributed by atoms with E-state index in [4.69, 9.17) is 16.3 Å². The van der Waals surface area contributed by atoms with E-state index < -0.39 is 37.1 Å². The predicted molar refractivity (Wildman–Crippen MR) is 110 cm³/mol. The lowest BCUT2D eigenvalue weighted by atomic mass is 9.90. The average molecular weight is 446 g/mol. The van der Waals surface area contributed by atoms with Crippen molar-refractivity contribution in [1.82, 2.24) is 4.98 Å². The minimum absolute atomic E-state index is 0.459. The predicted octanol–water partition coefficient (Wildman–Crippen LogP) is 2.40. The van der Waals surface area contributed by atoms with Crippen LogP contribution in [0.3, 0.4) is 0 Å². The molecule has 4 N–H and O–H groups in total. The van der Waals surface area contributed by atoms with Crippen molar-refractivity contribution in [2.24, 2.45) is 0 Å². The summed E-state index contributed by atoms with van der Waals surface area (Å²) in [6, 6.07) is 5.24. The van der Waals surface area contributed by atoms with E-state index >= 15 is 0 Å². The number of hydrogen-bond acceptors (Lipinski definition) is 8. The van der Waals surface area contributed by atoms with Gasteiger partial charge < -0.3 is 25.2 Å². The first-order valence-corrected chi connectivity index (χ1v) is 11.3. The molecule has 1 fully saturated rings. The highest BCUT2D eigenvalue weighted by atomic mass is 35.5. The van der Waals surface area contributed by atoms with Gasteiger partial charge in [-0.3, -0.25) is 0 Å². The number of benzene rings is 1. The number of hydrogen-bond donors (Lipinski definition) is 4. The van der Waals surface area contributed by atoms with Crippen LogP contribution in [0.25, 0.3) is 0 Å². The third-order valence-corrected chi connectivity index (χ3v) is 7.38. The van der Waals surface area contributed by atoms with Crippen LogP contribution in [0.2, 0.25) is 5.02 Å². The summed E-state index contributed by atoms with van der Waals surface area (Å²) >= 11 is 9.77. The van der Waals surface area contributed by atoms with Crippen LogP contribution in [0.4, 0.5) is 0 Å². The van der Waals surface area contributed by atoms with Crippen molar-refractivity contribution in [3.05, 3.63) is 45.6 Å². The average Bonchev–Trinajstić information content (AvgIpc) is 3.14. The Morgan fingerprint density at radius 1 is 1.21 bits per heavy atom. The molecule has 2 heterocycles. The molecule has 28 heavy (non-hydrogen) atoms. The Morgan fingerprint density at radius 2 is 2.00 bits per heavy atom. The van der Waals surface area contributed by atoms with Gasteiger partial charge in [-0.1, -0.05) is 30.7 Å². The van der Waals surface area contributed by atoms with Crippen LogP contribution < -0.4 is 0 Å². The molecule has 0 amide bonds. The van der Waals surface area contributed by atoms with Crippen LogP contribution in [-0.2, 0) is 11.2 Å². The van der Waals surface area contributed by atoms with Crippen LogP contribution in [0, 0.1) is 0 Å². The molecule has 1 aliphatic rings. The number of aliphatic hydroxyl groups is 4. The lowest BCUT2D eigenvalue weighted by Gasteiger charge is -2.40. The second kappa shape index (κ2) is 9.86. The van der Waals surface area contributed by atoms with Gasteiger partial charge in [-0.25, -0.2) is 4.98 Å². The minimum atomic E-state index is -1.41. The number of thioether (sulfide) groups is 1. The summed E-state index contributed by atoms with van der Waals surface area (Å²) in [4.78, 5) is 4.46. The molecule has 0 radical (unpaired) electrons. The fourth-order valence-electron chi connectivity index (χ4n) is 3.09. The van der Waals surface area contributed by atoms with E-state index in [0.717, 1.165) is 27.0 Å². The molecule has 3 rings (SSSR count). The van der Waals surface area contributed by atoms with E-state index in [2.05, 4.69) is 11.9 Å². The summed E-state index contributed by atoms with van der Waals surface area (Å²) in [5.74, 6) is 1.05. The highest BCUT2D eigenvalue weighted by molar-refractivity contribution is 8.01.